The van der Waals surface area contributed by atoms with Crippen molar-refractivity contribution in [2.75, 3.05) is 6.61 Å². The van der Waals surface area contributed by atoms with Gasteiger partial charge in [-0.3, -0.25) is 0 Å². The summed E-state index contributed by atoms with van der Waals surface area (Å²) in [6.07, 6.45) is 11.2. The van der Waals surface area contributed by atoms with Crippen LogP contribution in [0.1, 0.15) is 76.2 Å². The zero-order valence-corrected chi connectivity index (χ0v) is 16.4. The molecule has 2 nitrogen and oxygen atoms in total. The van der Waals surface area contributed by atoms with Gasteiger partial charge in [0, 0.05) is 0 Å². The Morgan fingerprint density at radius 2 is 1.52 bits per heavy atom. The molecule has 0 saturated heterocycles. The summed E-state index contributed by atoms with van der Waals surface area (Å²) in [6, 6.07) is 7.58. The van der Waals surface area contributed by atoms with Gasteiger partial charge in [-0.25, -0.2) is 4.79 Å². The van der Waals surface area contributed by atoms with Crippen molar-refractivity contribution < 1.29 is 9.53 Å². The average Bonchev–Trinajstić information content (AvgIpc) is 2.55. The topological polar surface area (TPSA) is 26.3 Å². The van der Waals surface area contributed by atoms with E-state index in [0.717, 1.165) is 31.2 Å². The maximum absolute atomic E-state index is 11.6. The van der Waals surface area contributed by atoms with Crippen LogP contribution in [0.5, 0.6) is 0 Å². The first-order valence-corrected chi connectivity index (χ1v) is 9.15. The zero-order valence-electron chi connectivity index (χ0n) is 16.4. The molecule has 1 aromatic rings. The third kappa shape index (κ3) is 9.09. The highest BCUT2D eigenvalue weighted by atomic mass is 16.5. The Labute approximate surface area is 153 Å². The van der Waals surface area contributed by atoms with Crippen molar-refractivity contribution >= 4 is 12.0 Å². The average molecular weight is 341 g/mol. The van der Waals surface area contributed by atoms with Crippen molar-refractivity contribution in [3.05, 3.63) is 64.3 Å². The van der Waals surface area contributed by atoms with E-state index in [1.54, 1.807) is 0 Å². The number of rotatable bonds is 9. The van der Waals surface area contributed by atoms with Crippen molar-refractivity contribution in [3.8, 4) is 0 Å². The predicted molar refractivity (Wildman–Crippen MR) is 108 cm³/mol. The molecule has 0 saturated carbocycles. The number of benzene rings is 1. The van der Waals surface area contributed by atoms with Crippen LogP contribution in [0.15, 0.2) is 53.1 Å². The van der Waals surface area contributed by atoms with Gasteiger partial charge in [-0.05, 0) is 78.0 Å². The molecule has 0 N–H and O–H groups in total. The first-order valence-electron chi connectivity index (χ1n) is 9.15. The van der Waals surface area contributed by atoms with Crippen LogP contribution >= 0.6 is 0 Å². The van der Waals surface area contributed by atoms with Gasteiger partial charge in [0.2, 0.25) is 0 Å². The number of ether oxygens (including phenoxy) is 1. The molecule has 0 radical (unpaired) electrons. The fraction of sp³-hybridized carbons (Fsp3) is 0.435. The lowest BCUT2D eigenvalue weighted by Gasteiger charge is -2.04. The molecule has 1 aromatic carbocycles. The van der Waals surface area contributed by atoms with Gasteiger partial charge in [-0.15, -0.1) is 0 Å². The summed E-state index contributed by atoms with van der Waals surface area (Å²) < 4.78 is 5.00. The van der Waals surface area contributed by atoms with Crippen molar-refractivity contribution in [1.29, 1.82) is 0 Å². The quantitative estimate of drug-likeness (QED) is 0.367. The van der Waals surface area contributed by atoms with Crippen molar-refractivity contribution in [3.63, 3.8) is 0 Å². The van der Waals surface area contributed by atoms with Gasteiger partial charge in [0.25, 0.3) is 0 Å². The molecule has 0 bridgehead atoms. The molecular formula is C23H32O2. The highest BCUT2D eigenvalue weighted by molar-refractivity contribution is 5.89. The minimum Gasteiger partial charge on any atom is -0.462 e. The van der Waals surface area contributed by atoms with Gasteiger partial charge in [0.05, 0.1) is 12.2 Å². The number of hydrogen-bond donors (Lipinski definition) is 0. The molecule has 1 rings (SSSR count). The largest absolute Gasteiger partial charge is 0.462 e. The summed E-state index contributed by atoms with van der Waals surface area (Å²) in [5, 5.41) is 0. The van der Waals surface area contributed by atoms with E-state index in [2.05, 4.69) is 45.9 Å². The summed E-state index contributed by atoms with van der Waals surface area (Å²) in [6.45, 7) is 10.9. The highest BCUT2D eigenvalue weighted by Crippen LogP contribution is 2.15. The third-order valence-corrected chi connectivity index (χ3v) is 3.96. The summed E-state index contributed by atoms with van der Waals surface area (Å²) in [5.74, 6) is -0.261. The van der Waals surface area contributed by atoms with Crippen LogP contribution < -0.4 is 0 Å². The molecule has 0 amide bonds. The first-order chi connectivity index (χ1) is 11.9. The van der Waals surface area contributed by atoms with Gasteiger partial charge in [-0.2, -0.15) is 0 Å². The molecular weight excluding hydrogens is 308 g/mol. The van der Waals surface area contributed by atoms with E-state index in [1.807, 2.05) is 31.2 Å². The van der Waals surface area contributed by atoms with Crippen molar-refractivity contribution in [2.24, 2.45) is 0 Å². The predicted octanol–water partition coefficient (Wildman–Crippen LogP) is 6.74. The minimum absolute atomic E-state index is 0.261. The Morgan fingerprint density at radius 1 is 0.920 bits per heavy atom. The van der Waals surface area contributed by atoms with Crippen molar-refractivity contribution in [2.45, 2.75) is 60.3 Å². The number of allylic oxidation sites excluding steroid dienone is 5. The van der Waals surface area contributed by atoms with Gasteiger partial charge in [0.1, 0.15) is 0 Å². The third-order valence-electron chi connectivity index (χ3n) is 3.96. The molecule has 0 aromatic heterocycles. The van der Waals surface area contributed by atoms with E-state index < -0.39 is 0 Å². The van der Waals surface area contributed by atoms with Gasteiger partial charge in [0.15, 0.2) is 0 Å². The van der Waals surface area contributed by atoms with Crippen LogP contribution in [0.3, 0.4) is 0 Å². The molecule has 0 aliphatic rings. The second-order valence-electron chi connectivity index (χ2n) is 6.74. The normalized spacial score (nSPS) is 12.0. The van der Waals surface area contributed by atoms with Crippen LogP contribution in [0, 0.1) is 0 Å². The number of esters is 1. The molecule has 0 aliphatic carbocycles. The second kappa shape index (κ2) is 11.5. The Balaban J connectivity index is 2.50. The van der Waals surface area contributed by atoms with E-state index in [9.17, 15) is 4.79 Å². The van der Waals surface area contributed by atoms with E-state index in [4.69, 9.17) is 4.74 Å². The Bertz CT molecular complexity index is 627. The number of carbonyl (C=O) groups excluding carboxylic acids is 1. The smallest absolute Gasteiger partial charge is 0.338 e. The minimum atomic E-state index is -0.261. The summed E-state index contributed by atoms with van der Waals surface area (Å²) in [4.78, 5) is 11.6. The molecule has 2 heteroatoms. The molecule has 0 unspecified atom stereocenters. The van der Waals surface area contributed by atoms with Gasteiger partial charge < -0.3 is 4.74 Å². The van der Waals surface area contributed by atoms with Gasteiger partial charge in [-0.1, -0.05) is 47.1 Å². The van der Waals surface area contributed by atoms with E-state index >= 15 is 0 Å². The number of carbonyl (C=O) groups is 1. The lowest BCUT2D eigenvalue weighted by molar-refractivity contribution is 0.0526. The van der Waals surface area contributed by atoms with Crippen LogP contribution in [0.25, 0.3) is 6.08 Å². The SMILES string of the molecule is CCOC(=O)c1ccc(/C=C(\C)CC/C=C(\C)CCC=C(C)C)cc1. The maximum Gasteiger partial charge on any atom is 0.338 e. The molecule has 136 valence electrons. The number of hydrogen-bond acceptors (Lipinski definition) is 2. The fourth-order valence-corrected chi connectivity index (χ4v) is 2.52. The van der Waals surface area contributed by atoms with E-state index in [0.29, 0.717) is 12.2 Å². The van der Waals surface area contributed by atoms with Crippen LogP contribution in [-0.4, -0.2) is 12.6 Å². The molecule has 0 fully saturated rings. The van der Waals surface area contributed by atoms with E-state index in [1.165, 1.54) is 16.7 Å². The fourth-order valence-electron chi connectivity index (χ4n) is 2.52. The molecule has 0 atom stereocenters. The lowest BCUT2D eigenvalue weighted by Crippen LogP contribution is -2.03. The van der Waals surface area contributed by atoms with Crippen LogP contribution in [0.4, 0.5) is 0 Å². The second-order valence-corrected chi connectivity index (χ2v) is 6.74. The van der Waals surface area contributed by atoms with E-state index in [-0.39, 0.29) is 5.97 Å². The molecule has 0 heterocycles. The highest BCUT2D eigenvalue weighted by Gasteiger charge is 2.04. The summed E-state index contributed by atoms with van der Waals surface area (Å²) in [5.41, 5.74) is 5.92. The molecule has 0 aliphatic heterocycles. The van der Waals surface area contributed by atoms with Crippen LogP contribution in [0.2, 0.25) is 0 Å². The Kier molecular flexibility index (Phi) is 9.61. The molecule has 0 spiro atoms. The van der Waals surface area contributed by atoms with Gasteiger partial charge >= 0.3 is 5.97 Å². The zero-order chi connectivity index (χ0) is 18.7. The Morgan fingerprint density at radius 3 is 2.12 bits per heavy atom. The maximum atomic E-state index is 11.6. The molecule has 25 heavy (non-hydrogen) atoms. The monoisotopic (exact) mass is 340 g/mol. The summed E-state index contributed by atoms with van der Waals surface area (Å²) in [7, 11) is 0. The standard InChI is InChI=1S/C23H32O2/c1-6-25-23(24)22-15-13-21(14-16-22)17-20(5)12-8-11-19(4)10-7-9-18(2)3/h9,11,13-17H,6-8,10,12H2,1-5H3/b19-11+,20-17+. The Hall–Kier alpha value is -2.09. The van der Waals surface area contributed by atoms with Crippen molar-refractivity contribution in [1.82, 2.24) is 0 Å². The van der Waals surface area contributed by atoms with Crippen LogP contribution in [-0.2, 0) is 4.74 Å². The lowest BCUT2D eigenvalue weighted by atomic mass is 10.0. The first kappa shape index (κ1) is 21.0. The summed E-state index contributed by atoms with van der Waals surface area (Å²) >= 11 is 0.